The summed E-state index contributed by atoms with van der Waals surface area (Å²) in [4.78, 5) is 41.6. The molecule has 0 spiro atoms. The first-order valence-electron chi connectivity index (χ1n) is 12.0. The van der Waals surface area contributed by atoms with Crippen LogP contribution < -0.4 is 15.0 Å². The molecule has 4 rings (SSSR count). The van der Waals surface area contributed by atoms with Gasteiger partial charge < -0.3 is 19.9 Å². The predicted molar refractivity (Wildman–Crippen MR) is 147 cm³/mol. The average Bonchev–Trinajstić information content (AvgIpc) is 2.89. The molecule has 1 heterocycles. The maximum atomic E-state index is 13.6. The van der Waals surface area contributed by atoms with Gasteiger partial charge in [0.15, 0.2) is 0 Å². The lowest BCUT2D eigenvalue weighted by molar-refractivity contribution is -0.146. The molecule has 0 bridgehead atoms. The maximum absolute atomic E-state index is 13.6. The van der Waals surface area contributed by atoms with Crippen molar-refractivity contribution < 1.29 is 23.5 Å². The highest BCUT2D eigenvalue weighted by Crippen LogP contribution is 2.30. The van der Waals surface area contributed by atoms with Gasteiger partial charge in [0.2, 0.25) is 5.91 Å². The number of carbonyl (C=O) groups excluding carboxylic acids is 3. The second-order valence-electron chi connectivity index (χ2n) is 9.06. The largest absolute Gasteiger partial charge is 0.457 e. The van der Waals surface area contributed by atoms with E-state index in [1.807, 2.05) is 24.3 Å². The second kappa shape index (κ2) is 12.0. The Morgan fingerprint density at radius 1 is 1.16 bits per heavy atom. The third-order valence-corrected chi connectivity index (χ3v) is 6.98. The standard InChI is InChI=1S/C28H26BrClFN3O4/c1-17-14-22(11-12-23(17)31)38-25-15-20(30)8-5-18(25)16-33(2)28(37)26(35)32-24-4-3-13-34(27(24)36)21-9-6-19(29)7-10-21/h5-12,14-15,24H,3-4,13,16H2,1-2H3,(H,32,35). The topological polar surface area (TPSA) is 79.0 Å². The normalized spacial score (nSPS) is 15.2. The molecule has 7 nitrogen and oxygen atoms in total. The van der Waals surface area contributed by atoms with E-state index < -0.39 is 17.9 Å². The minimum absolute atomic E-state index is 0.0442. The fourth-order valence-corrected chi connectivity index (χ4v) is 4.60. The van der Waals surface area contributed by atoms with Gasteiger partial charge in [-0.15, -0.1) is 0 Å². The number of rotatable bonds is 6. The first-order chi connectivity index (χ1) is 18.1. The number of amides is 3. The van der Waals surface area contributed by atoms with Crippen LogP contribution in [0.15, 0.2) is 65.1 Å². The van der Waals surface area contributed by atoms with Crippen molar-refractivity contribution in [3.8, 4) is 11.5 Å². The van der Waals surface area contributed by atoms with Crippen LogP contribution in [0.3, 0.4) is 0 Å². The summed E-state index contributed by atoms with van der Waals surface area (Å²) in [6, 6.07) is 15.8. The molecule has 38 heavy (non-hydrogen) atoms. The zero-order valence-electron chi connectivity index (χ0n) is 20.8. The molecule has 10 heteroatoms. The summed E-state index contributed by atoms with van der Waals surface area (Å²) in [6.07, 6.45) is 1.13. The summed E-state index contributed by atoms with van der Waals surface area (Å²) in [5.74, 6) is -1.49. The Balaban J connectivity index is 1.42. The van der Waals surface area contributed by atoms with Gasteiger partial charge >= 0.3 is 11.8 Å². The number of aryl methyl sites for hydroxylation is 1. The van der Waals surface area contributed by atoms with Gasteiger partial charge in [0.1, 0.15) is 23.4 Å². The van der Waals surface area contributed by atoms with Gasteiger partial charge in [-0.3, -0.25) is 14.4 Å². The molecule has 198 valence electrons. The Morgan fingerprint density at radius 3 is 2.61 bits per heavy atom. The Kier molecular flexibility index (Phi) is 8.69. The number of ether oxygens (including phenoxy) is 1. The van der Waals surface area contributed by atoms with E-state index in [-0.39, 0.29) is 18.3 Å². The van der Waals surface area contributed by atoms with E-state index in [1.165, 1.54) is 24.1 Å². The first kappa shape index (κ1) is 27.6. The first-order valence-corrected chi connectivity index (χ1v) is 13.1. The van der Waals surface area contributed by atoms with Crippen molar-refractivity contribution in [3.63, 3.8) is 0 Å². The Labute approximate surface area is 233 Å². The van der Waals surface area contributed by atoms with Crippen LogP contribution in [-0.2, 0) is 20.9 Å². The number of anilines is 1. The smallest absolute Gasteiger partial charge is 0.311 e. The molecule has 1 atom stereocenters. The molecule has 0 radical (unpaired) electrons. The van der Waals surface area contributed by atoms with Crippen LogP contribution in [0.25, 0.3) is 0 Å². The zero-order chi connectivity index (χ0) is 27.4. The van der Waals surface area contributed by atoms with Gasteiger partial charge in [-0.05, 0) is 79.9 Å². The molecule has 0 saturated carbocycles. The predicted octanol–water partition coefficient (Wildman–Crippen LogP) is 5.61. The lowest BCUT2D eigenvalue weighted by Gasteiger charge is -2.32. The number of hydrogen-bond acceptors (Lipinski definition) is 4. The molecule has 0 aromatic heterocycles. The number of piperidine rings is 1. The summed E-state index contributed by atoms with van der Waals surface area (Å²) in [6.45, 7) is 2.21. The second-order valence-corrected chi connectivity index (χ2v) is 10.4. The van der Waals surface area contributed by atoms with Crippen LogP contribution in [0.5, 0.6) is 11.5 Å². The van der Waals surface area contributed by atoms with E-state index in [1.54, 1.807) is 36.1 Å². The van der Waals surface area contributed by atoms with Gasteiger partial charge in [-0.1, -0.05) is 33.6 Å². The maximum Gasteiger partial charge on any atom is 0.311 e. The number of nitrogens with zero attached hydrogens (tertiary/aromatic N) is 2. The van der Waals surface area contributed by atoms with Crippen LogP contribution in [0.4, 0.5) is 10.1 Å². The molecule has 1 unspecified atom stereocenters. The third-order valence-electron chi connectivity index (χ3n) is 6.22. The number of likely N-dealkylation sites (N-methyl/N-ethyl adjacent to an activating group) is 1. The summed E-state index contributed by atoms with van der Waals surface area (Å²) in [7, 11) is 1.49. The van der Waals surface area contributed by atoms with Crippen LogP contribution >= 0.6 is 27.5 Å². The highest BCUT2D eigenvalue weighted by atomic mass is 79.9. The molecule has 3 amide bonds. The number of hydrogen-bond donors (Lipinski definition) is 1. The third kappa shape index (κ3) is 6.52. The van der Waals surface area contributed by atoms with Crippen LogP contribution in [0.2, 0.25) is 5.02 Å². The summed E-state index contributed by atoms with van der Waals surface area (Å²) >= 11 is 9.53. The molecule has 3 aromatic rings. The van der Waals surface area contributed by atoms with Gasteiger partial charge in [0.25, 0.3) is 0 Å². The van der Waals surface area contributed by atoms with Gasteiger partial charge in [0, 0.05) is 40.9 Å². The number of benzene rings is 3. The zero-order valence-corrected chi connectivity index (χ0v) is 23.2. The van der Waals surface area contributed by atoms with E-state index >= 15 is 0 Å². The Morgan fingerprint density at radius 2 is 1.89 bits per heavy atom. The molecular weight excluding hydrogens is 577 g/mol. The number of halogens is 3. The highest BCUT2D eigenvalue weighted by molar-refractivity contribution is 9.10. The van der Waals surface area contributed by atoms with Crippen LogP contribution in [0, 0.1) is 12.7 Å². The van der Waals surface area contributed by atoms with Crippen molar-refractivity contribution in [1.82, 2.24) is 10.2 Å². The number of carbonyl (C=O) groups is 3. The quantitative estimate of drug-likeness (QED) is 0.372. The molecule has 1 aliphatic heterocycles. The van der Waals surface area contributed by atoms with Crippen molar-refractivity contribution in [2.24, 2.45) is 0 Å². The lowest BCUT2D eigenvalue weighted by Crippen LogP contribution is -2.55. The Bertz CT molecular complexity index is 1370. The molecule has 1 N–H and O–H groups in total. The minimum Gasteiger partial charge on any atom is -0.457 e. The van der Waals surface area contributed by atoms with Crippen LogP contribution in [-0.4, -0.2) is 42.3 Å². The summed E-state index contributed by atoms with van der Waals surface area (Å²) < 4.78 is 20.5. The van der Waals surface area contributed by atoms with Crippen molar-refractivity contribution in [2.45, 2.75) is 32.4 Å². The molecule has 0 aliphatic carbocycles. The average molecular weight is 603 g/mol. The Hall–Kier alpha value is -3.43. The van der Waals surface area contributed by atoms with Crippen molar-refractivity contribution in [3.05, 3.63) is 87.1 Å². The summed E-state index contributed by atoms with van der Waals surface area (Å²) in [5.41, 5.74) is 1.74. The van der Waals surface area contributed by atoms with E-state index in [2.05, 4.69) is 21.2 Å². The summed E-state index contributed by atoms with van der Waals surface area (Å²) in [5, 5.41) is 3.02. The monoisotopic (exact) mass is 601 g/mol. The van der Waals surface area contributed by atoms with E-state index in [0.29, 0.717) is 47.0 Å². The SMILES string of the molecule is Cc1cc(Oc2cc(Cl)ccc2CN(C)C(=O)C(=O)NC2CCCN(c3ccc(Br)cc3)C2=O)ccc1F. The van der Waals surface area contributed by atoms with Crippen molar-refractivity contribution in [1.29, 1.82) is 0 Å². The molecular formula is C28H26BrClFN3O4. The van der Waals surface area contributed by atoms with E-state index in [0.717, 1.165) is 10.2 Å². The van der Waals surface area contributed by atoms with Gasteiger partial charge in [-0.2, -0.15) is 0 Å². The van der Waals surface area contributed by atoms with Gasteiger partial charge in [0.05, 0.1) is 0 Å². The highest BCUT2D eigenvalue weighted by Gasteiger charge is 2.33. The van der Waals surface area contributed by atoms with Gasteiger partial charge in [-0.25, -0.2) is 4.39 Å². The lowest BCUT2D eigenvalue weighted by atomic mass is 10.0. The molecule has 1 aliphatic rings. The van der Waals surface area contributed by atoms with Crippen molar-refractivity contribution in [2.75, 3.05) is 18.5 Å². The minimum atomic E-state index is -0.867. The molecule has 1 fully saturated rings. The van der Waals surface area contributed by atoms with Crippen LogP contribution in [0.1, 0.15) is 24.0 Å². The fraction of sp³-hybridized carbons (Fsp3) is 0.250. The number of nitrogens with one attached hydrogen (secondary N) is 1. The molecule has 1 saturated heterocycles. The van der Waals surface area contributed by atoms with Crippen molar-refractivity contribution >= 4 is 50.9 Å². The fourth-order valence-electron chi connectivity index (χ4n) is 4.17. The molecule has 3 aromatic carbocycles. The van der Waals surface area contributed by atoms with E-state index in [9.17, 15) is 18.8 Å². The van der Waals surface area contributed by atoms with E-state index in [4.69, 9.17) is 16.3 Å².